The smallest absolute Gasteiger partial charge is 0.258 e. The van der Waals surface area contributed by atoms with Crippen molar-refractivity contribution in [1.82, 2.24) is 20.2 Å². The zero-order valence-corrected chi connectivity index (χ0v) is 20.8. The van der Waals surface area contributed by atoms with Crippen LogP contribution in [0.2, 0.25) is 5.02 Å². The molecule has 0 bridgehead atoms. The lowest BCUT2D eigenvalue weighted by Crippen LogP contribution is -2.32. The van der Waals surface area contributed by atoms with E-state index < -0.39 is 21.7 Å². The van der Waals surface area contributed by atoms with Gasteiger partial charge in [-0.1, -0.05) is 23.7 Å². The van der Waals surface area contributed by atoms with E-state index in [1.807, 2.05) is 6.07 Å². The molecule has 3 aromatic carbocycles. The highest BCUT2D eigenvalue weighted by atomic mass is 35.5. The second-order valence-corrected chi connectivity index (χ2v) is 10.5. The van der Waals surface area contributed by atoms with Gasteiger partial charge in [0.1, 0.15) is 11.6 Å². The van der Waals surface area contributed by atoms with Gasteiger partial charge in [-0.15, -0.1) is 5.10 Å². The number of aromatic nitrogens is 4. The van der Waals surface area contributed by atoms with Crippen LogP contribution in [0.15, 0.2) is 59.5 Å². The summed E-state index contributed by atoms with van der Waals surface area (Å²) in [5.74, 6) is -1.20. The van der Waals surface area contributed by atoms with E-state index in [1.54, 1.807) is 33.0 Å². The molecule has 0 saturated carbocycles. The molecule has 1 aromatic heterocycles. The van der Waals surface area contributed by atoms with Gasteiger partial charge in [0.2, 0.25) is 0 Å². The van der Waals surface area contributed by atoms with Gasteiger partial charge in [0.15, 0.2) is 5.82 Å². The topological polar surface area (TPSA) is 81.0 Å². The normalized spacial score (nSPS) is 11.6. The molecule has 0 N–H and O–H groups in total. The first-order valence-corrected chi connectivity index (χ1v) is 12.4. The molecule has 0 spiro atoms. The van der Waals surface area contributed by atoms with E-state index in [2.05, 4.69) is 15.5 Å². The van der Waals surface area contributed by atoms with Crippen molar-refractivity contribution < 1.29 is 17.2 Å². The maximum absolute atomic E-state index is 14.5. The minimum Gasteiger partial charge on any atom is -0.258 e. The lowest BCUT2D eigenvalue weighted by atomic mass is 10.0. The van der Waals surface area contributed by atoms with Crippen molar-refractivity contribution >= 4 is 27.3 Å². The zero-order chi connectivity index (χ0) is 25.3. The molecule has 0 radical (unpaired) electrons. The van der Waals surface area contributed by atoms with E-state index in [9.17, 15) is 17.2 Å². The van der Waals surface area contributed by atoms with Gasteiger partial charge in [0.05, 0.1) is 17.1 Å². The lowest BCUT2D eigenvalue weighted by molar-refractivity contribution is 0.561. The van der Waals surface area contributed by atoms with Crippen LogP contribution in [0.5, 0.6) is 0 Å². The first-order chi connectivity index (χ1) is 16.6. The second kappa shape index (κ2) is 9.71. The van der Waals surface area contributed by atoms with Crippen molar-refractivity contribution in [2.45, 2.75) is 31.7 Å². The first-order valence-electron chi connectivity index (χ1n) is 10.6. The molecule has 1 heterocycles. The molecule has 7 nitrogen and oxygen atoms in total. The number of anilines is 1. The van der Waals surface area contributed by atoms with Gasteiger partial charge in [-0.2, -0.15) is 0 Å². The molecule has 11 heteroatoms. The van der Waals surface area contributed by atoms with E-state index >= 15 is 0 Å². The summed E-state index contributed by atoms with van der Waals surface area (Å²) in [7, 11) is -2.55. The largest absolute Gasteiger partial charge is 0.264 e. The molecule has 182 valence electrons. The molecule has 4 aromatic rings. The Kier molecular flexibility index (Phi) is 6.86. The van der Waals surface area contributed by atoms with Crippen LogP contribution in [0.25, 0.3) is 0 Å². The third-order valence-corrected chi connectivity index (χ3v) is 7.49. The van der Waals surface area contributed by atoms with Crippen molar-refractivity contribution in [3.05, 3.63) is 99.3 Å². The van der Waals surface area contributed by atoms with Gasteiger partial charge >= 0.3 is 0 Å². The van der Waals surface area contributed by atoms with E-state index in [0.29, 0.717) is 10.6 Å². The van der Waals surface area contributed by atoms with Gasteiger partial charge in [0.25, 0.3) is 10.0 Å². The predicted molar refractivity (Wildman–Crippen MR) is 129 cm³/mol. The Balaban J connectivity index is 1.91. The van der Waals surface area contributed by atoms with Crippen molar-refractivity contribution in [2.75, 3.05) is 4.31 Å². The summed E-state index contributed by atoms with van der Waals surface area (Å²) in [4.78, 5) is 0.0723. The molecular weight excluding hydrogens is 496 g/mol. The minimum absolute atomic E-state index is 0.0723. The van der Waals surface area contributed by atoms with E-state index in [1.165, 1.54) is 28.9 Å². The minimum atomic E-state index is -4.15. The molecule has 0 atom stereocenters. The fourth-order valence-electron chi connectivity index (χ4n) is 3.85. The Hall–Kier alpha value is -3.37. The fourth-order valence-corrected chi connectivity index (χ4v) is 5.69. The lowest BCUT2D eigenvalue weighted by Gasteiger charge is -2.27. The zero-order valence-electron chi connectivity index (χ0n) is 19.2. The Morgan fingerprint density at radius 3 is 2.26 bits per heavy atom. The summed E-state index contributed by atoms with van der Waals surface area (Å²) in [6, 6.07) is 13.1. The van der Waals surface area contributed by atoms with Crippen molar-refractivity contribution in [3.63, 3.8) is 0 Å². The number of benzene rings is 3. The van der Waals surface area contributed by atoms with Gasteiger partial charge in [-0.3, -0.25) is 4.31 Å². The van der Waals surface area contributed by atoms with Crippen LogP contribution in [-0.4, -0.2) is 28.6 Å². The Bertz CT molecular complexity index is 1470. The maximum atomic E-state index is 14.5. The van der Waals surface area contributed by atoms with E-state index in [-0.39, 0.29) is 34.9 Å². The summed E-state index contributed by atoms with van der Waals surface area (Å²) in [6.07, 6.45) is -0.218. The number of hydrogen-bond donors (Lipinski definition) is 0. The first kappa shape index (κ1) is 24.7. The Morgan fingerprint density at radius 1 is 1.00 bits per heavy atom. The highest BCUT2D eigenvalue weighted by molar-refractivity contribution is 7.92. The molecule has 0 aliphatic rings. The number of tetrazole rings is 1. The number of nitrogens with zero attached hydrogens (tertiary/aromatic N) is 5. The van der Waals surface area contributed by atoms with Crippen LogP contribution in [0.3, 0.4) is 0 Å². The summed E-state index contributed by atoms with van der Waals surface area (Å²) < 4.78 is 59.4. The van der Waals surface area contributed by atoms with Crippen molar-refractivity contribution in [3.8, 4) is 0 Å². The van der Waals surface area contributed by atoms with Crippen LogP contribution in [-0.2, 0) is 30.0 Å². The summed E-state index contributed by atoms with van der Waals surface area (Å²) in [6.45, 7) is 3.39. The highest BCUT2D eigenvalue weighted by Crippen LogP contribution is 2.33. The maximum Gasteiger partial charge on any atom is 0.264 e. The third-order valence-electron chi connectivity index (χ3n) is 5.52. The van der Waals surface area contributed by atoms with Crippen molar-refractivity contribution in [1.29, 1.82) is 0 Å². The van der Waals surface area contributed by atoms with Gasteiger partial charge in [-0.25, -0.2) is 21.9 Å². The predicted octanol–water partition coefficient (Wildman–Crippen LogP) is 4.74. The molecule has 4 rings (SSSR count). The molecule has 0 aliphatic carbocycles. The summed E-state index contributed by atoms with van der Waals surface area (Å²) >= 11 is 6.22. The quantitative estimate of drug-likeness (QED) is 0.353. The van der Waals surface area contributed by atoms with E-state index in [0.717, 1.165) is 27.6 Å². The third kappa shape index (κ3) is 5.18. The monoisotopic (exact) mass is 517 g/mol. The van der Waals surface area contributed by atoms with Gasteiger partial charge in [0, 0.05) is 24.1 Å². The summed E-state index contributed by atoms with van der Waals surface area (Å²) in [5, 5.41) is 11.6. The molecule has 0 saturated heterocycles. The molecule has 0 fully saturated rings. The van der Waals surface area contributed by atoms with Crippen LogP contribution in [0.4, 0.5) is 14.5 Å². The second-order valence-electron chi connectivity index (χ2n) is 8.20. The van der Waals surface area contributed by atoms with E-state index in [4.69, 9.17) is 11.6 Å². The number of halogens is 3. The number of hydrogen-bond acceptors (Lipinski definition) is 5. The standard InChI is InChI=1S/C24H22ClF2N5O2S/c1-15-9-16(2)11-19(10-15)35(33,34)32(14-24-28-29-30-31(24)3)23-8-7-18(25)12-17(23)13-20-21(26)5-4-6-22(20)27/h4-12H,13-14H2,1-3H3. The number of sulfonamides is 1. The molecule has 0 unspecified atom stereocenters. The molecule has 35 heavy (non-hydrogen) atoms. The number of aryl methyl sites for hydroxylation is 3. The van der Waals surface area contributed by atoms with Crippen LogP contribution in [0.1, 0.15) is 28.1 Å². The van der Waals surface area contributed by atoms with Gasteiger partial charge in [-0.05, 0) is 83.4 Å². The van der Waals surface area contributed by atoms with Crippen LogP contribution in [0, 0.1) is 25.5 Å². The van der Waals surface area contributed by atoms with Crippen molar-refractivity contribution in [2.24, 2.45) is 7.05 Å². The Morgan fingerprint density at radius 2 is 1.66 bits per heavy atom. The van der Waals surface area contributed by atoms with Gasteiger partial charge < -0.3 is 0 Å². The fraction of sp³-hybridized carbons (Fsp3) is 0.208. The highest BCUT2D eigenvalue weighted by Gasteiger charge is 2.29. The average molecular weight is 518 g/mol. The Labute approximate surface area is 207 Å². The summed E-state index contributed by atoms with van der Waals surface area (Å²) in [5.41, 5.74) is 1.88. The van der Waals surface area contributed by atoms with Crippen LogP contribution < -0.4 is 4.31 Å². The van der Waals surface area contributed by atoms with Crippen LogP contribution >= 0.6 is 11.6 Å². The SMILES string of the molecule is Cc1cc(C)cc(S(=O)(=O)N(Cc2nnnn2C)c2ccc(Cl)cc2Cc2c(F)cccc2F)c1. The average Bonchev–Trinajstić information content (AvgIpc) is 3.19. The molecule has 0 aliphatic heterocycles. The molecule has 0 amide bonds. The number of rotatable bonds is 7. The molecular formula is C24H22ClF2N5O2S.